The summed E-state index contributed by atoms with van der Waals surface area (Å²) in [7, 11) is -1.61. The first-order valence-corrected chi connectivity index (χ1v) is 12.7. The van der Waals surface area contributed by atoms with Crippen molar-refractivity contribution in [2.75, 3.05) is 18.7 Å². The highest BCUT2D eigenvalue weighted by molar-refractivity contribution is 7.88. The van der Waals surface area contributed by atoms with Crippen LogP contribution in [0.3, 0.4) is 0 Å². The van der Waals surface area contributed by atoms with E-state index in [9.17, 15) is 13.2 Å². The maximum absolute atomic E-state index is 13.2. The smallest absolute Gasteiger partial charge is 0.235 e. The predicted molar refractivity (Wildman–Crippen MR) is 131 cm³/mol. The van der Waals surface area contributed by atoms with Crippen LogP contribution in [0.5, 0.6) is 5.75 Å². The van der Waals surface area contributed by atoms with Crippen molar-refractivity contribution in [3.63, 3.8) is 0 Å². The molecule has 2 N–H and O–H groups in total. The number of sulfonamides is 1. The molecule has 1 aliphatic rings. The molecule has 1 aliphatic carbocycles. The Morgan fingerprint density at radius 2 is 1.76 bits per heavy atom. The van der Waals surface area contributed by atoms with Crippen molar-refractivity contribution in [3.05, 3.63) is 83.4 Å². The van der Waals surface area contributed by atoms with Gasteiger partial charge in [0.15, 0.2) is 0 Å². The van der Waals surface area contributed by atoms with Crippen LogP contribution in [0.25, 0.3) is 11.1 Å². The Bertz CT molecular complexity index is 1280. The lowest BCUT2D eigenvalue weighted by Gasteiger charge is -2.18. The number of anilines is 1. The number of ether oxygens (including phenoxy) is 1. The largest absolute Gasteiger partial charge is 0.497 e. The SMILES string of the molecule is COc1cccc(C2(C(=O)Nc3ccc(C)c(-c4ccc(CNS(C)(=O)=O)cc4)c3)CC2)c1. The molecule has 172 valence electrons. The van der Waals surface area contributed by atoms with Crippen LogP contribution >= 0.6 is 0 Å². The molecule has 0 radical (unpaired) electrons. The Kier molecular flexibility index (Phi) is 6.28. The molecular weight excluding hydrogens is 436 g/mol. The third kappa shape index (κ3) is 5.26. The number of nitrogens with one attached hydrogen (secondary N) is 2. The quantitative estimate of drug-likeness (QED) is 0.518. The first-order valence-electron chi connectivity index (χ1n) is 10.8. The third-order valence-corrected chi connectivity index (χ3v) is 6.77. The van der Waals surface area contributed by atoms with Gasteiger partial charge in [-0.3, -0.25) is 4.79 Å². The van der Waals surface area contributed by atoms with Crippen LogP contribution in [0, 0.1) is 6.92 Å². The van der Waals surface area contributed by atoms with E-state index in [0.717, 1.165) is 58.4 Å². The number of hydrogen-bond acceptors (Lipinski definition) is 4. The second-order valence-electron chi connectivity index (χ2n) is 8.59. The molecule has 3 aromatic rings. The minimum absolute atomic E-state index is 0.00671. The molecule has 4 rings (SSSR count). The second kappa shape index (κ2) is 9.00. The normalized spacial score (nSPS) is 14.5. The molecule has 0 aliphatic heterocycles. The standard InChI is InChI=1S/C26H28N2O4S/c1-18-7-12-22(16-24(18)20-10-8-19(9-11-20)17-27-33(3,30)31)28-25(29)26(13-14-26)21-5-4-6-23(15-21)32-2/h4-12,15-16,27H,13-14,17H2,1-3H3,(H,28,29). The van der Waals surface area contributed by atoms with E-state index in [4.69, 9.17) is 4.74 Å². The Morgan fingerprint density at radius 3 is 2.39 bits per heavy atom. The minimum atomic E-state index is -3.24. The van der Waals surface area contributed by atoms with E-state index < -0.39 is 15.4 Å². The molecule has 0 saturated heterocycles. The monoisotopic (exact) mass is 464 g/mol. The summed E-state index contributed by atoms with van der Waals surface area (Å²) >= 11 is 0. The number of rotatable bonds is 8. The second-order valence-corrected chi connectivity index (χ2v) is 10.4. The summed E-state index contributed by atoms with van der Waals surface area (Å²) in [6.07, 6.45) is 2.77. The molecular formula is C26H28N2O4S. The summed E-state index contributed by atoms with van der Waals surface area (Å²) in [5.41, 5.74) is 5.20. The van der Waals surface area contributed by atoms with E-state index in [1.807, 2.05) is 73.7 Å². The average Bonchev–Trinajstić information content (AvgIpc) is 3.61. The van der Waals surface area contributed by atoms with Gasteiger partial charge >= 0.3 is 0 Å². The maximum Gasteiger partial charge on any atom is 0.235 e. The Hall–Kier alpha value is -3.16. The van der Waals surface area contributed by atoms with Crippen LogP contribution in [0.2, 0.25) is 0 Å². The van der Waals surface area contributed by atoms with Gasteiger partial charge in [0.25, 0.3) is 0 Å². The molecule has 0 bridgehead atoms. The minimum Gasteiger partial charge on any atom is -0.497 e. The van der Waals surface area contributed by atoms with Crippen molar-refractivity contribution in [1.82, 2.24) is 4.72 Å². The molecule has 33 heavy (non-hydrogen) atoms. The zero-order valence-corrected chi connectivity index (χ0v) is 19.8. The van der Waals surface area contributed by atoms with Gasteiger partial charge in [-0.2, -0.15) is 0 Å². The molecule has 1 fully saturated rings. The van der Waals surface area contributed by atoms with Crippen molar-refractivity contribution in [3.8, 4) is 16.9 Å². The van der Waals surface area contributed by atoms with Gasteiger partial charge < -0.3 is 10.1 Å². The van der Waals surface area contributed by atoms with Gasteiger partial charge in [-0.15, -0.1) is 0 Å². The summed E-state index contributed by atoms with van der Waals surface area (Å²) in [5.74, 6) is 0.743. The highest BCUT2D eigenvalue weighted by Gasteiger charge is 2.51. The van der Waals surface area contributed by atoms with Crippen LogP contribution in [-0.4, -0.2) is 27.7 Å². The first-order chi connectivity index (χ1) is 15.7. The summed E-state index contributed by atoms with van der Waals surface area (Å²) in [5, 5.41) is 3.11. The lowest BCUT2D eigenvalue weighted by molar-refractivity contribution is -0.118. The highest BCUT2D eigenvalue weighted by atomic mass is 32.2. The van der Waals surface area contributed by atoms with Gasteiger partial charge in [0, 0.05) is 12.2 Å². The fraction of sp³-hybridized carbons (Fsp3) is 0.269. The number of carbonyl (C=O) groups is 1. The first kappa shape index (κ1) is 23.0. The number of benzene rings is 3. The molecule has 1 saturated carbocycles. The topological polar surface area (TPSA) is 84.5 Å². The predicted octanol–water partition coefficient (Wildman–Crippen LogP) is 4.39. The average molecular weight is 465 g/mol. The van der Waals surface area contributed by atoms with E-state index >= 15 is 0 Å². The summed E-state index contributed by atoms with van der Waals surface area (Å²) in [6, 6.07) is 21.4. The molecule has 6 nitrogen and oxygen atoms in total. The van der Waals surface area contributed by atoms with Crippen LogP contribution in [-0.2, 0) is 26.8 Å². The van der Waals surface area contributed by atoms with Crippen LogP contribution < -0.4 is 14.8 Å². The Labute approximate surface area is 195 Å². The van der Waals surface area contributed by atoms with E-state index in [-0.39, 0.29) is 12.5 Å². The van der Waals surface area contributed by atoms with Gasteiger partial charge in [-0.05, 0) is 71.8 Å². The number of carbonyl (C=O) groups excluding carboxylic acids is 1. The van der Waals surface area contributed by atoms with Gasteiger partial charge in [-0.1, -0.05) is 42.5 Å². The highest BCUT2D eigenvalue weighted by Crippen LogP contribution is 2.49. The van der Waals surface area contributed by atoms with Crippen molar-refractivity contribution in [2.45, 2.75) is 31.7 Å². The van der Waals surface area contributed by atoms with Crippen LogP contribution in [0.15, 0.2) is 66.7 Å². The maximum atomic E-state index is 13.2. The lowest BCUT2D eigenvalue weighted by Crippen LogP contribution is -2.27. The van der Waals surface area contributed by atoms with Gasteiger partial charge in [0.2, 0.25) is 15.9 Å². The van der Waals surface area contributed by atoms with E-state index in [2.05, 4.69) is 10.0 Å². The van der Waals surface area contributed by atoms with Crippen molar-refractivity contribution in [2.24, 2.45) is 0 Å². The Balaban J connectivity index is 1.52. The number of methoxy groups -OCH3 is 1. The molecule has 0 heterocycles. The molecule has 7 heteroatoms. The Morgan fingerprint density at radius 1 is 1.03 bits per heavy atom. The van der Waals surface area contributed by atoms with E-state index in [1.165, 1.54) is 0 Å². The molecule has 0 unspecified atom stereocenters. The van der Waals surface area contributed by atoms with Gasteiger partial charge in [0.05, 0.1) is 18.8 Å². The molecule has 1 amide bonds. The van der Waals surface area contributed by atoms with Crippen molar-refractivity contribution in [1.29, 1.82) is 0 Å². The van der Waals surface area contributed by atoms with Crippen LogP contribution in [0.1, 0.15) is 29.5 Å². The fourth-order valence-electron chi connectivity index (χ4n) is 3.97. The van der Waals surface area contributed by atoms with Crippen molar-refractivity contribution >= 4 is 21.6 Å². The van der Waals surface area contributed by atoms with Gasteiger partial charge in [0.1, 0.15) is 5.75 Å². The summed E-state index contributed by atoms with van der Waals surface area (Å²) in [4.78, 5) is 13.2. The number of aryl methyl sites for hydroxylation is 1. The molecule has 3 aromatic carbocycles. The zero-order chi connectivity index (χ0) is 23.6. The number of hydrogen-bond donors (Lipinski definition) is 2. The summed E-state index contributed by atoms with van der Waals surface area (Å²) < 4.78 is 30.4. The molecule has 0 spiro atoms. The van der Waals surface area contributed by atoms with E-state index in [1.54, 1.807) is 7.11 Å². The molecule has 0 atom stereocenters. The van der Waals surface area contributed by atoms with E-state index in [0.29, 0.717) is 0 Å². The fourth-order valence-corrected chi connectivity index (χ4v) is 4.40. The van der Waals surface area contributed by atoms with Gasteiger partial charge in [-0.25, -0.2) is 13.1 Å². The summed E-state index contributed by atoms with van der Waals surface area (Å²) in [6.45, 7) is 2.28. The molecule has 0 aromatic heterocycles. The number of amides is 1. The van der Waals surface area contributed by atoms with Crippen molar-refractivity contribution < 1.29 is 17.9 Å². The third-order valence-electron chi connectivity index (χ3n) is 6.11. The lowest BCUT2D eigenvalue weighted by atomic mass is 9.94. The van der Waals surface area contributed by atoms with Crippen LogP contribution in [0.4, 0.5) is 5.69 Å². The zero-order valence-electron chi connectivity index (χ0n) is 19.0.